The molecule has 0 spiro atoms. The topological polar surface area (TPSA) is 81.8 Å². The Balaban J connectivity index is 1.46. The fourth-order valence-electron chi connectivity index (χ4n) is 4.92. The lowest BCUT2D eigenvalue weighted by molar-refractivity contribution is -0.174. The van der Waals surface area contributed by atoms with Crippen LogP contribution in [0.5, 0.6) is 11.5 Å². The molecule has 0 radical (unpaired) electrons. The van der Waals surface area contributed by atoms with Gasteiger partial charge in [0.15, 0.2) is 23.2 Å². The number of alkyl halides is 3. The molecule has 2 aromatic heterocycles. The summed E-state index contributed by atoms with van der Waals surface area (Å²) in [6, 6.07) is 5.47. The Morgan fingerprint density at radius 1 is 1.20 bits per heavy atom. The second kappa shape index (κ2) is 8.54. The van der Waals surface area contributed by atoms with E-state index in [1.807, 2.05) is 19.1 Å². The number of hydrogen-bond acceptors (Lipinski definition) is 6. The predicted octanol–water partition coefficient (Wildman–Crippen LogP) is 4.91. The molecule has 5 rings (SSSR count). The van der Waals surface area contributed by atoms with Gasteiger partial charge in [-0.05, 0) is 48.7 Å². The number of aromatic nitrogens is 2. The van der Waals surface area contributed by atoms with Crippen molar-refractivity contribution in [2.45, 2.75) is 44.1 Å². The second-order valence-electron chi connectivity index (χ2n) is 8.70. The Morgan fingerprint density at radius 2 is 1.94 bits per heavy atom. The van der Waals surface area contributed by atoms with Crippen molar-refractivity contribution >= 4 is 11.7 Å². The molecule has 8 nitrogen and oxygen atoms in total. The highest BCUT2D eigenvalue weighted by Crippen LogP contribution is 2.44. The van der Waals surface area contributed by atoms with Gasteiger partial charge in [0.1, 0.15) is 11.6 Å². The molecule has 0 fully saturated rings. The summed E-state index contributed by atoms with van der Waals surface area (Å²) in [4.78, 5) is 15.1. The van der Waals surface area contributed by atoms with E-state index in [1.165, 1.54) is 19.4 Å². The normalized spacial score (nSPS) is 21.7. The molecule has 3 aromatic rings. The molecule has 2 aliphatic heterocycles. The highest BCUT2D eigenvalue weighted by Gasteiger charge is 2.47. The molecular formula is C24H25F3N4O4. The van der Waals surface area contributed by atoms with Crippen LogP contribution in [0.15, 0.2) is 41.0 Å². The van der Waals surface area contributed by atoms with Gasteiger partial charge in [0, 0.05) is 19.0 Å². The fraction of sp³-hybridized carbons (Fsp3) is 0.417. The van der Waals surface area contributed by atoms with Crippen LogP contribution in [-0.4, -0.2) is 47.5 Å². The summed E-state index contributed by atoms with van der Waals surface area (Å²) in [7, 11) is 3.10. The average molecular weight is 490 g/mol. The van der Waals surface area contributed by atoms with Gasteiger partial charge in [-0.2, -0.15) is 18.3 Å². The van der Waals surface area contributed by atoms with Gasteiger partial charge in [-0.3, -0.25) is 4.79 Å². The highest BCUT2D eigenvalue weighted by atomic mass is 19.4. The molecule has 186 valence electrons. The monoisotopic (exact) mass is 490 g/mol. The molecule has 0 bridgehead atoms. The van der Waals surface area contributed by atoms with Gasteiger partial charge in [-0.15, -0.1) is 0 Å². The number of ether oxygens (including phenoxy) is 2. The van der Waals surface area contributed by atoms with E-state index in [9.17, 15) is 18.0 Å². The van der Waals surface area contributed by atoms with Gasteiger partial charge in [-0.1, -0.05) is 0 Å². The van der Waals surface area contributed by atoms with Crippen molar-refractivity contribution in [3.8, 4) is 11.5 Å². The van der Waals surface area contributed by atoms with Crippen molar-refractivity contribution < 1.29 is 31.9 Å². The Hall–Kier alpha value is -3.63. The molecule has 0 saturated carbocycles. The number of rotatable bonds is 4. The number of amides is 1. The molecule has 2 aliphatic rings. The van der Waals surface area contributed by atoms with E-state index < -0.39 is 24.2 Å². The summed E-state index contributed by atoms with van der Waals surface area (Å²) >= 11 is 0. The van der Waals surface area contributed by atoms with Crippen LogP contribution in [0.3, 0.4) is 0 Å². The first-order valence-electron chi connectivity index (χ1n) is 11.2. The third-order valence-corrected chi connectivity index (χ3v) is 6.74. The first-order chi connectivity index (χ1) is 16.7. The van der Waals surface area contributed by atoms with E-state index in [-0.39, 0.29) is 24.0 Å². The third-order valence-electron chi connectivity index (χ3n) is 6.74. The number of carbonyl (C=O) groups excluding carboxylic acids is 1. The SMILES string of the molecule is COc1cc2c(cc1OC)C(C)N(C(=O)c1cc3n(n1)C(C(F)(F)F)CC(c1ccco1)N3)CC2. The van der Waals surface area contributed by atoms with Crippen molar-refractivity contribution in [3.63, 3.8) is 0 Å². The summed E-state index contributed by atoms with van der Waals surface area (Å²) < 4.78 is 58.7. The molecule has 4 heterocycles. The number of nitrogens with one attached hydrogen (secondary N) is 1. The number of benzene rings is 1. The molecule has 35 heavy (non-hydrogen) atoms. The Labute approximate surface area is 199 Å². The van der Waals surface area contributed by atoms with Gasteiger partial charge >= 0.3 is 6.18 Å². The maximum absolute atomic E-state index is 13.9. The van der Waals surface area contributed by atoms with Crippen LogP contribution in [0.2, 0.25) is 0 Å². The van der Waals surface area contributed by atoms with Gasteiger partial charge in [-0.25, -0.2) is 4.68 Å². The molecule has 3 unspecified atom stereocenters. The van der Waals surface area contributed by atoms with E-state index in [0.717, 1.165) is 15.8 Å². The lowest BCUT2D eigenvalue weighted by Gasteiger charge is -2.35. The number of methoxy groups -OCH3 is 2. The van der Waals surface area contributed by atoms with Gasteiger partial charge in [0.2, 0.25) is 0 Å². The van der Waals surface area contributed by atoms with Crippen molar-refractivity contribution in [1.29, 1.82) is 0 Å². The minimum atomic E-state index is -4.54. The third kappa shape index (κ3) is 3.98. The van der Waals surface area contributed by atoms with Crippen molar-refractivity contribution in [2.24, 2.45) is 0 Å². The smallest absolute Gasteiger partial charge is 0.410 e. The number of halogens is 3. The number of furan rings is 1. The maximum Gasteiger partial charge on any atom is 0.410 e. The fourth-order valence-corrected chi connectivity index (χ4v) is 4.92. The molecule has 1 aromatic carbocycles. The number of anilines is 1. The number of hydrogen-bond donors (Lipinski definition) is 1. The van der Waals surface area contributed by atoms with Crippen LogP contribution in [0.1, 0.15) is 58.8 Å². The molecule has 11 heteroatoms. The minimum Gasteiger partial charge on any atom is -0.493 e. The Kier molecular flexibility index (Phi) is 5.65. The first kappa shape index (κ1) is 23.1. The quantitative estimate of drug-likeness (QED) is 0.560. The summed E-state index contributed by atoms with van der Waals surface area (Å²) in [6.07, 6.45) is -2.85. The van der Waals surface area contributed by atoms with E-state index in [2.05, 4.69) is 10.4 Å². The number of fused-ring (bicyclic) bond motifs is 2. The Bertz CT molecular complexity index is 1240. The molecule has 3 atom stereocenters. The van der Waals surface area contributed by atoms with E-state index in [0.29, 0.717) is 30.2 Å². The van der Waals surface area contributed by atoms with E-state index in [4.69, 9.17) is 13.9 Å². The number of nitrogens with zero attached hydrogens (tertiary/aromatic N) is 3. The van der Waals surface area contributed by atoms with E-state index >= 15 is 0 Å². The van der Waals surface area contributed by atoms with Crippen LogP contribution >= 0.6 is 0 Å². The summed E-state index contributed by atoms with van der Waals surface area (Å²) in [5, 5.41) is 7.15. The summed E-state index contributed by atoms with van der Waals surface area (Å²) in [5.74, 6) is 1.24. The van der Waals surface area contributed by atoms with Crippen LogP contribution in [0.25, 0.3) is 0 Å². The van der Waals surface area contributed by atoms with Gasteiger partial charge in [0.25, 0.3) is 5.91 Å². The van der Waals surface area contributed by atoms with Gasteiger partial charge < -0.3 is 24.1 Å². The van der Waals surface area contributed by atoms with Crippen LogP contribution < -0.4 is 14.8 Å². The maximum atomic E-state index is 13.9. The lowest BCUT2D eigenvalue weighted by Crippen LogP contribution is -2.39. The minimum absolute atomic E-state index is 0.0439. The summed E-state index contributed by atoms with van der Waals surface area (Å²) in [5.41, 5.74) is 1.89. The predicted molar refractivity (Wildman–Crippen MR) is 120 cm³/mol. The zero-order valence-electron chi connectivity index (χ0n) is 19.4. The second-order valence-corrected chi connectivity index (χ2v) is 8.70. The molecule has 1 amide bonds. The largest absolute Gasteiger partial charge is 0.493 e. The molecule has 0 saturated heterocycles. The standard InChI is InChI=1S/C24H25F3N4O4/c1-13-15-10-20(34-3)19(33-2)9-14(15)6-7-30(13)23(32)17-12-22-28-16(18-5-4-8-35-18)11-21(24(25,26)27)31(22)29-17/h4-5,8-10,12-13,16,21,28H,6-7,11H2,1-3H3. The van der Waals surface area contributed by atoms with Crippen LogP contribution in [0.4, 0.5) is 19.0 Å². The molecule has 0 aliphatic carbocycles. The highest BCUT2D eigenvalue weighted by molar-refractivity contribution is 5.93. The lowest BCUT2D eigenvalue weighted by atomic mass is 9.92. The van der Waals surface area contributed by atoms with E-state index in [1.54, 1.807) is 24.1 Å². The average Bonchev–Trinajstić information content (AvgIpc) is 3.52. The van der Waals surface area contributed by atoms with Crippen molar-refractivity contribution in [3.05, 3.63) is 59.2 Å². The van der Waals surface area contributed by atoms with Crippen LogP contribution in [0, 0.1) is 0 Å². The van der Waals surface area contributed by atoms with Crippen molar-refractivity contribution in [2.75, 3.05) is 26.1 Å². The van der Waals surface area contributed by atoms with Crippen LogP contribution in [-0.2, 0) is 6.42 Å². The zero-order valence-corrected chi connectivity index (χ0v) is 19.4. The molecular weight excluding hydrogens is 465 g/mol. The molecule has 1 N–H and O–H groups in total. The van der Waals surface area contributed by atoms with Gasteiger partial charge in [0.05, 0.1) is 32.6 Å². The zero-order chi connectivity index (χ0) is 24.9. The first-order valence-corrected chi connectivity index (χ1v) is 11.2. The number of carbonyl (C=O) groups is 1. The Morgan fingerprint density at radius 3 is 2.60 bits per heavy atom. The van der Waals surface area contributed by atoms with Crippen molar-refractivity contribution in [1.82, 2.24) is 14.7 Å². The summed E-state index contributed by atoms with van der Waals surface area (Å²) in [6.45, 7) is 2.28.